The lowest BCUT2D eigenvalue weighted by Gasteiger charge is -1.98. The van der Waals surface area contributed by atoms with Crippen molar-refractivity contribution in [2.24, 2.45) is 0 Å². The number of hydrogen-bond acceptors (Lipinski definition) is 3. The van der Waals surface area contributed by atoms with E-state index in [4.69, 9.17) is 5.39 Å². The van der Waals surface area contributed by atoms with E-state index in [0.717, 1.165) is 0 Å². The fourth-order valence-corrected chi connectivity index (χ4v) is 0.956. The number of diazo groups is 1. The molecule has 0 unspecified atom stereocenters. The summed E-state index contributed by atoms with van der Waals surface area (Å²) in [6.45, 7) is 1.65. The van der Waals surface area contributed by atoms with Gasteiger partial charge in [-0.15, -0.1) is 0 Å². The van der Waals surface area contributed by atoms with Gasteiger partial charge < -0.3 is 9.90 Å². The van der Waals surface area contributed by atoms with E-state index in [1.54, 1.807) is 19.1 Å². The van der Waals surface area contributed by atoms with Gasteiger partial charge >= 0.3 is 5.69 Å². The Labute approximate surface area is 69.1 Å². The standard InChI is InChI=1S/C8H6N2O2/c1-5-3-2-4-6(8(11)12)7(5)10-9/h2-4H,1H3. The Morgan fingerprint density at radius 3 is 2.67 bits per heavy atom. The monoisotopic (exact) mass is 162 g/mol. The van der Waals surface area contributed by atoms with Crippen molar-refractivity contribution in [3.8, 4) is 0 Å². The predicted octanol–water partition coefficient (Wildman–Crippen LogP) is 0.843. The Morgan fingerprint density at radius 1 is 1.58 bits per heavy atom. The number of aromatic carboxylic acids is 1. The van der Waals surface area contributed by atoms with Crippen molar-refractivity contribution in [3.63, 3.8) is 0 Å². The van der Waals surface area contributed by atoms with Gasteiger partial charge in [-0.3, -0.25) is 0 Å². The van der Waals surface area contributed by atoms with Crippen LogP contribution in [0.3, 0.4) is 0 Å². The molecule has 0 aliphatic heterocycles. The Bertz CT molecular complexity index is 366. The highest BCUT2D eigenvalue weighted by Crippen LogP contribution is 2.22. The summed E-state index contributed by atoms with van der Waals surface area (Å²) in [5, 5.41) is 18.9. The quantitative estimate of drug-likeness (QED) is 0.574. The molecule has 0 fully saturated rings. The fraction of sp³-hybridized carbons (Fsp3) is 0.125. The van der Waals surface area contributed by atoms with Crippen LogP contribution in [0.5, 0.6) is 0 Å². The summed E-state index contributed by atoms with van der Waals surface area (Å²) in [6.07, 6.45) is 0. The zero-order chi connectivity index (χ0) is 9.14. The van der Waals surface area contributed by atoms with E-state index >= 15 is 0 Å². The zero-order valence-electron chi connectivity index (χ0n) is 6.44. The van der Waals surface area contributed by atoms with Crippen LogP contribution in [-0.4, -0.2) is 5.97 Å². The molecule has 0 aliphatic carbocycles. The molecule has 0 atom stereocenters. The summed E-state index contributed by atoms with van der Waals surface area (Å²) >= 11 is 0. The van der Waals surface area contributed by atoms with Crippen LogP contribution in [0, 0.1) is 12.3 Å². The Kier molecular flexibility index (Phi) is 2.06. The Balaban J connectivity index is 3.40. The number of carbonyl (C=O) groups is 1. The molecule has 1 aromatic carbocycles. The number of hydrogen-bond donors (Lipinski definition) is 0. The highest BCUT2D eigenvalue weighted by molar-refractivity contribution is 5.93. The first kappa shape index (κ1) is 8.21. The summed E-state index contributed by atoms with van der Waals surface area (Å²) in [7, 11) is 0. The number of carboxylic acid groups (broad SMARTS) is 1. The topological polar surface area (TPSA) is 68.3 Å². The first-order valence-corrected chi connectivity index (χ1v) is 3.33. The average Bonchev–Trinajstić information content (AvgIpc) is 2.03. The van der Waals surface area contributed by atoms with Crippen molar-refractivity contribution < 1.29 is 9.90 Å². The molecule has 0 aromatic heterocycles. The van der Waals surface area contributed by atoms with E-state index < -0.39 is 5.97 Å². The van der Waals surface area contributed by atoms with Crippen LogP contribution in [0.25, 0.3) is 4.98 Å². The van der Waals surface area contributed by atoms with Gasteiger partial charge in [-0.2, -0.15) is 0 Å². The molecule has 4 nitrogen and oxygen atoms in total. The summed E-state index contributed by atoms with van der Waals surface area (Å²) in [5.41, 5.74) is 0.550. The Hall–Kier alpha value is -1.89. The lowest BCUT2D eigenvalue weighted by atomic mass is 10.1. The molecule has 12 heavy (non-hydrogen) atoms. The van der Waals surface area contributed by atoms with E-state index in [1.165, 1.54) is 6.07 Å². The summed E-state index contributed by atoms with van der Waals surface area (Å²) < 4.78 is 0. The molecule has 1 rings (SSSR count). The maximum absolute atomic E-state index is 10.5. The van der Waals surface area contributed by atoms with Gasteiger partial charge in [-0.25, -0.2) is 0 Å². The number of nitrogens with zero attached hydrogens (tertiary/aromatic N) is 2. The Morgan fingerprint density at radius 2 is 2.25 bits per heavy atom. The molecule has 0 spiro atoms. The van der Waals surface area contributed by atoms with Crippen LogP contribution in [-0.2, 0) is 0 Å². The molecule has 0 amide bonds. The molecule has 60 valence electrons. The average molecular weight is 162 g/mol. The third kappa shape index (κ3) is 1.25. The van der Waals surface area contributed by atoms with Gasteiger partial charge in [0.25, 0.3) is 0 Å². The number of rotatable bonds is 1. The molecule has 4 heteroatoms. The number of carbonyl (C=O) groups excluding carboxylic acids is 1. The zero-order valence-corrected chi connectivity index (χ0v) is 6.44. The minimum absolute atomic E-state index is 0.0532. The first-order valence-electron chi connectivity index (χ1n) is 3.33. The predicted molar refractivity (Wildman–Crippen MR) is 40.3 cm³/mol. The minimum atomic E-state index is -1.34. The van der Waals surface area contributed by atoms with E-state index in [1.807, 2.05) is 0 Å². The van der Waals surface area contributed by atoms with Crippen molar-refractivity contribution in [1.82, 2.24) is 0 Å². The molecule has 0 saturated carbocycles. The maximum Gasteiger partial charge on any atom is 0.396 e. The molecule has 1 aromatic rings. The van der Waals surface area contributed by atoms with E-state index in [2.05, 4.69) is 4.98 Å². The molecular weight excluding hydrogens is 156 g/mol. The van der Waals surface area contributed by atoms with E-state index in [-0.39, 0.29) is 11.3 Å². The SMILES string of the molecule is Cc1cccc(C(=O)[O-])c1[N+]#N. The van der Waals surface area contributed by atoms with Crippen molar-refractivity contribution >= 4 is 11.7 Å². The van der Waals surface area contributed by atoms with Crippen LogP contribution in [0.15, 0.2) is 18.2 Å². The second kappa shape index (κ2) is 3.01. The van der Waals surface area contributed by atoms with Crippen molar-refractivity contribution in [3.05, 3.63) is 34.3 Å². The maximum atomic E-state index is 10.5. The van der Waals surface area contributed by atoms with Gasteiger partial charge in [0.15, 0.2) is 4.98 Å². The number of carboxylic acids is 1. The molecule has 0 aliphatic rings. The second-order valence-corrected chi connectivity index (χ2v) is 2.36. The molecular formula is C8H6N2O2. The van der Waals surface area contributed by atoms with Crippen LogP contribution in [0.2, 0.25) is 0 Å². The van der Waals surface area contributed by atoms with E-state index in [0.29, 0.717) is 5.56 Å². The van der Waals surface area contributed by atoms with Crippen molar-refractivity contribution in [2.75, 3.05) is 0 Å². The molecule has 0 N–H and O–H groups in total. The molecule has 0 bridgehead atoms. The van der Waals surface area contributed by atoms with Crippen LogP contribution in [0.1, 0.15) is 15.9 Å². The normalized spacial score (nSPS) is 9.00. The highest BCUT2D eigenvalue weighted by Gasteiger charge is 2.16. The van der Waals surface area contributed by atoms with Crippen LogP contribution < -0.4 is 5.11 Å². The third-order valence-electron chi connectivity index (χ3n) is 1.56. The largest absolute Gasteiger partial charge is 0.545 e. The van der Waals surface area contributed by atoms with Gasteiger partial charge in [-0.1, -0.05) is 12.1 Å². The molecule has 0 radical (unpaired) electrons. The summed E-state index contributed by atoms with van der Waals surface area (Å²) in [5.74, 6) is -1.34. The van der Waals surface area contributed by atoms with Gasteiger partial charge in [0.2, 0.25) is 5.39 Å². The fourth-order valence-electron chi connectivity index (χ4n) is 0.956. The lowest BCUT2D eigenvalue weighted by molar-refractivity contribution is -0.254. The highest BCUT2D eigenvalue weighted by atomic mass is 16.4. The third-order valence-corrected chi connectivity index (χ3v) is 1.56. The summed E-state index contributed by atoms with van der Waals surface area (Å²) in [4.78, 5) is 13.3. The first-order chi connectivity index (χ1) is 5.66. The van der Waals surface area contributed by atoms with Crippen LogP contribution in [0.4, 0.5) is 5.69 Å². The smallest absolute Gasteiger partial charge is 0.396 e. The van der Waals surface area contributed by atoms with Crippen molar-refractivity contribution in [2.45, 2.75) is 6.92 Å². The number of aryl methyl sites for hydroxylation is 1. The molecule has 0 saturated heterocycles. The van der Waals surface area contributed by atoms with Gasteiger partial charge in [0.05, 0.1) is 11.5 Å². The van der Waals surface area contributed by atoms with Gasteiger partial charge in [-0.05, 0) is 13.0 Å². The summed E-state index contributed by atoms with van der Waals surface area (Å²) in [6, 6.07) is 4.55. The van der Waals surface area contributed by atoms with Gasteiger partial charge in [0.1, 0.15) is 0 Å². The van der Waals surface area contributed by atoms with Crippen molar-refractivity contribution in [1.29, 1.82) is 5.39 Å². The minimum Gasteiger partial charge on any atom is -0.545 e. The molecule has 0 heterocycles. The lowest BCUT2D eigenvalue weighted by Crippen LogP contribution is -2.22. The van der Waals surface area contributed by atoms with E-state index in [9.17, 15) is 9.90 Å². The van der Waals surface area contributed by atoms with Gasteiger partial charge in [0, 0.05) is 5.56 Å². The van der Waals surface area contributed by atoms with Crippen LogP contribution >= 0.6 is 0 Å². The second-order valence-electron chi connectivity index (χ2n) is 2.36. The number of benzene rings is 1.